The van der Waals surface area contributed by atoms with E-state index in [0.717, 1.165) is 12.3 Å². The van der Waals surface area contributed by atoms with Crippen molar-refractivity contribution in [2.45, 2.75) is 26.4 Å². The molecule has 0 saturated heterocycles. The highest BCUT2D eigenvalue weighted by molar-refractivity contribution is 7.10. The fourth-order valence-electron chi connectivity index (χ4n) is 1.45. The van der Waals surface area contributed by atoms with Gasteiger partial charge in [-0.15, -0.1) is 11.3 Å². The van der Waals surface area contributed by atoms with Crippen molar-refractivity contribution in [1.29, 1.82) is 0 Å². The maximum Gasteiger partial charge on any atom is 0.134 e. The lowest BCUT2D eigenvalue weighted by atomic mass is 10.1. The maximum atomic E-state index is 5.69. The SMILES string of the molecule is COc1ccsc1CNC(CN)C(C)C. The van der Waals surface area contributed by atoms with Crippen LogP contribution in [-0.4, -0.2) is 19.7 Å². The first-order valence-electron chi connectivity index (χ1n) is 5.22. The molecule has 0 bridgehead atoms. The predicted molar refractivity (Wildman–Crippen MR) is 65.4 cm³/mol. The van der Waals surface area contributed by atoms with Crippen LogP contribution in [0.25, 0.3) is 0 Å². The van der Waals surface area contributed by atoms with E-state index in [1.807, 2.05) is 11.4 Å². The molecule has 86 valence electrons. The topological polar surface area (TPSA) is 47.3 Å². The molecule has 0 aromatic carbocycles. The van der Waals surface area contributed by atoms with Gasteiger partial charge in [-0.2, -0.15) is 0 Å². The second-order valence-corrected chi connectivity index (χ2v) is 4.88. The lowest BCUT2D eigenvalue weighted by molar-refractivity contribution is 0.390. The van der Waals surface area contributed by atoms with Gasteiger partial charge in [-0.1, -0.05) is 13.8 Å². The molecule has 0 radical (unpaired) electrons. The number of nitrogens with one attached hydrogen (secondary N) is 1. The van der Waals surface area contributed by atoms with Crippen molar-refractivity contribution in [1.82, 2.24) is 5.32 Å². The molecule has 15 heavy (non-hydrogen) atoms. The van der Waals surface area contributed by atoms with E-state index < -0.39 is 0 Å². The molecule has 1 heterocycles. The number of thiophene rings is 1. The lowest BCUT2D eigenvalue weighted by Crippen LogP contribution is -2.39. The molecule has 0 spiro atoms. The van der Waals surface area contributed by atoms with Gasteiger partial charge in [0.05, 0.1) is 12.0 Å². The van der Waals surface area contributed by atoms with E-state index in [-0.39, 0.29) is 0 Å². The molecule has 3 nitrogen and oxygen atoms in total. The van der Waals surface area contributed by atoms with Crippen LogP contribution in [0.2, 0.25) is 0 Å². The van der Waals surface area contributed by atoms with Gasteiger partial charge in [-0.05, 0) is 17.4 Å². The Balaban J connectivity index is 2.48. The van der Waals surface area contributed by atoms with Gasteiger partial charge in [-0.25, -0.2) is 0 Å². The van der Waals surface area contributed by atoms with Crippen molar-refractivity contribution in [2.24, 2.45) is 11.7 Å². The first-order valence-corrected chi connectivity index (χ1v) is 6.10. The third-order valence-corrected chi connectivity index (χ3v) is 3.41. The van der Waals surface area contributed by atoms with Gasteiger partial charge in [0.15, 0.2) is 0 Å². The van der Waals surface area contributed by atoms with Gasteiger partial charge in [-0.3, -0.25) is 0 Å². The minimum Gasteiger partial charge on any atom is -0.496 e. The standard InChI is InChI=1S/C11H20N2OS/c1-8(2)9(6-12)13-7-11-10(14-3)4-5-15-11/h4-5,8-9,13H,6-7,12H2,1-3H3. The lowest BCUT2D eigenvalue weighted by Gasteiger charge is -2.20. The van der Waals surface area contributed by atoms with E-state index in [1.165, 1.54) is 4.88 Å². The molecule has 3 N–H and O–H groups in total. The molecule has 0 aliphatic heterocycles. The van der Waals surface area contributed by atoms with Gasteiger partial charge in [0, 0.05) is 19.1 Å². The predicted octanol–water partition coefficient (Wildman–Crippen LogP) is 1.83. The summed E-state index contributed by atoms with van der Waals surface area (Å²) in [5.41, 5.74) is 5.69. The molecule has 1 unspecified atom stereocenters. The fraction of sp³-hybridized carbons (Fsp3) is 0.636. The van der Waals surface area contributed by atoms with Crippen molar-refractivity contribution in [3.05, 3.63) is 16.3 Å². The van der Waals surface area contributed by atoms with Crippen molar-refractivity contribution in [3.63, 3.8) is 0 Å². The summed E-state index contributed by atoms with van der Waals surface area (Å²) < 4.78 is 5.25. The summed E-state index contributed by atoms with van der Waals surface area (Å²) in [4.78, 5) is 1.23. The Morgan fingerprint density at radius 2 is 2.27 bits per heavy atom. The van der Waals surface area contributed by atoms with Gasteiger partial charge >= 0.3 is 0 Å². The van der Waals surface area contributed by atoms with Gasteiger partial charge in [0.1, 0.15) is 5.75 Å². The number of nitrogens with two attached hydrogens (primary N) is 1. The largest absolute Gasteiger partial charge is 0.496 e. The molecule has 0 aliphatic rings. The quantitative estimate of drug-likeness (QED) is 0.781. The highest BCUT2D eigenvalue weighted by atomic mass is 32.1. The van der Waals surface area contributed by atoms with Gasteiger partial charge in [0.25, 0.3) is 0 Å². The molecule has 0 amide bonds. The molecule has 1 aromatic rings. The molecule has 1 atom stereocenters. The van der Waals surface area contributed by atoms with Crippen LogP contribution in [0.1, 0.15) is 18.7 Å². The number of methoxy groups -OCH3 is 1. The van der Waals surface area contributed by atoms with Crippen molar-refractivity contribution in [3.8, 4) is 5.75 Å². The van der Waals surface area contributed by atoms with Gasteiger partial charge < -0.3 is 15.8 Å². The number of hydrogen-bond donors (Lipinski definition) is 2. The molecule has 1 rings (SSSR count). The summed E-state index contributed by atoms with van der Waals surface area (Å²) in [5.74, 6) is 1.52. The van der Waals surface area contributed by atoms with E-state index in [9.17, 15) is 0 Å². The maximum absolute atomic E-state index is 5.69. The van der Waals surface area contributed by atoms with E-state index >= 15 is 0 Å². The summed E-state index contributed by atoms with van der Waals surface area (Å²) in [5, 5.41) is 5.50. The minimum atomic E-state index is 0.372. The summed E-state index contributed by atoms with van der Waals surface area (Å²) in [6, 6.07) is 2.37. The first kappa shape index (κ1) is 12.5. The van der Waals surface area contributed by atoms with Crippen LogP contribution in [0.15, 0.2) is 11.4 Å². The summed E-state index contributed by atoms with van der Waals surface area (Å²) in [7, 11) is 1.70. The smallest absolute Gasteiger partial charge is 0.134 e. The average molecular weight is 228 g/mol. The summed E-state index contributed by atoms with van der Waals surface area (Å²) in [6.45, 7) is 5.86. The monoisotopic (exact) mass is 228 g/mol. The Kier molecular flexibility index (Phi) is 5.08. The number of rotatable bonds is 6. The minimum absolute atomic E-state index is 0.372. The first-order chi connectivity index (χ1) is 7.19. The van der Waals surface area contributed by atoms with E-state index in [0.29, 0.717) is 18.5 Å². The normalized spacial score (nSPS) is 13.1. The second-order valence-electron chi connectivity index (χ2n) is 3.88. The summed E-state index contributed by atoms with van der Waals surface area (Å²) in [6.07, 6.45) is 0. The highest BCUT2D eigenvalue weighted by Crippen LogP contribution is 2.24. The van der Waals surface area contributed by atoms with Crippen LogP contribution in [0.3, 0.4) is 0 Å². The van der Waals surface area contributed by atoms with Crippen LogP contribution < -0.4 is 15.8 Å². The van der Waals surface area contributed by atoms with E-state index in [1.54, 1.807) is 18.4 Å². The van der Waals surface area contributed by atoms with Gasteiger partial charge in [0.2, 0.25) is 0 Å². The van der Waals surface area contributed by atoms with E-state index in [4.69, 9.17) is 10.5 Å². The van der Waals surface area contributed by atoms with Crippen LogP contribution in [0.5, 0.6) is 5.75 Å². The number of ether oxygens (including phenoxy) is 1. The van der Waals surface area contributed by atoms with Crippen molar-refractivity contribution < 1.29 is 4.74 Å². The Hall–Kier alpha value is -0.580. The van der Waals surface area contributed by atoms with Crippen LogP contribution in [0, 0.1) is 5.92 Å². The second kappa shape index (κ2) is 6.10. The summed E-state index contributed by atoms with van der Waals surface area (Å²) >= 11 is 1.71. The Morgan fingerprint density at radius 3 is 2.80 bits per heavy atom. The third-order valence-electron chi connectivity index (χ3n) is 2.51. The molecular weight excluding hydrogens is 208 g/mol. The molecule has 0 aliphatic carbocycles. The zero-order valence-corrected chi connectivity index (χ0v) is 10.4. The van der Waals surface area contributed by atoms with E-state index in [2.05, 4.69) is 19.2 Å². The van der Waals surface area contributed by atoms with Crippen LogP contribution in [-0.2, 0) is 6.54 Å². The third kappa shape index (κ3) is 3.48. The molecule has 0 fully saturated rings. The highest BCUT2D eigenvalue weighted by Gasteiger charge is 2.12. The Bertz CT molecular complexity index is 286. The zero-order valence-electron chi connectivity index (χ0n) is 9.62. The molecule has 1 aromatic heterocycles. The number of hydrogen-bond acceptors (Lipinski definition) is 4. The van der Waals surface area contributed by atoms with Crippen LogP contribution in [0.4, 0.5) is 0 Å². The van der Waals surface area contributed by atoms with Crippen LogP contribution >= 0.6 is 11.3 Å². The molecular formula is C11H20N2OS. The molecule has 4 heteroatoms. The Morgan fingerprint density at radius 1 is 1.53 bits per heavy atom. The Labute approximate surface area is 95.6 Å². The van der Waals surface area contributed by atoms with Crippen molar-refractivity contribution in [2.75, 3.05) is 13.7 Å². The van der Waals surface area contributed by atoms with Crippen molar-refractivity contribution >= 4 is 11.3 Å². The average Bonchev–Trinajstić information content (AvgIpc) is 2.65. The fourth-order valence-corrected chi connectivity index (χ4v) is 2.24. The molecule has 0 saturated carbocycles. The zero-order chi connectivity index (χ0) is 11.3.